The highest BCUT2D eigenvalue weighted by Gasteiger charge is 2.14. The summed E-state index contributed by atoms with van der Waals surface area (Å²) in [5.41, 5.74) is 2.05. The summed E-state index contributed by atoms with van der Waals surface area (Å²) in [6, 6.07) is 13.7. The first-order valence-electron chi connectivity index (χ1n) is 7.13. The summed E-state index contributed by atoms with van der Waals surface area (Å²) >= 11 is 0. The van der Waals surface area contributed by atoms with Crippen molar-refractivity contribution in [1.29, 1.82) is 0 Å². The van der Waals surface area contributed by atoms with Crippen LogP contribution >= 0.6 is 0 Å². The third-order valence-electron chi connectivity index (χ3n) is 3.29. The Bertz CT molecular complexity index is 608. The third-order valence-corrected chi connectivity index (χ3v) is 3.29. The molecule has 4 nitrogen and oxygen atoms in total. The van der Waals surface area contributed by atoms with Crippen LogP contribution in [0.1, 0.15) is 17.5 Å². The molecule has 0 bridgehead atoms. The Kier molecular flexibility index (Phi) is 5.83. The van der Waals surface area contributed by atoms with E-state index in [1.807, 2.05) is 42.5 Å². The Labute approximate surface area is 130 Å². The molecule has 0 saturated carbocycles. The van der Waals surface area contributed by atoms with Crippen molar-refractivity contribution >= 4 is 6.29 Å². The van der Waals surface area contributed by atoms with Gasteiger partial charge in [-0.05, 0) is 29.7 Å². The van der Waals surface area contributed by atoms with Crippen LogP contribution < -0.4 is 14.2 Å². The molecule has 4 heteroatoms. The van der Waals surface area contributed by atoms with Crippen LogP contribution in [-0.4, -0.2) is 20.5 Å². The maximum absolute atomic E-state index is 10.6. The lowest BCUT2D eigenvalue weighted by molar-refractivity contribution is -0.107. The summed E-state index contributed by atoms with van der Waals surface area (Å²) in [6.07, 6.45) is 2.01. The van der Waals surface area contributed by atoms with Gasteiger partial charge in [0.1, 0.15) is 12.9 Å². The van der Waals surface area contributed by atoms with Crippen LogP contribution in [0.15, 0.2) is 42.5 Å². The minimum absolute atomic E-state index is 0.442. The van der Waals surface area contributed by atoms with Gasteiger partial charge in [-0.3, -0.25) is 0 Å². The molecule has 0 aromatic heterocycles. The molecule has 2 aromatic carbocycles. The number of aldehydes is 1. The van der Waals surface area contributed by atoms with Crippen LogP contribution in [-0.2, 0) is 17.8 Å². The molecule has 0 spiro atoms. The van der Waals surface area contributed by atoms with Crippen LogP contribution in [0.4, 0.5) is 0 Å². The van der Waals surface area contributed by atoms with E-state index >= 15 is 0 Å². The van der Waals surface area contributed by atoms with Gasteiger partial charge in [0, 0.05) is 6.42 Å². The van der Waals surface area contributed by atoms with Gasteiger partial charge in [0.05, 0.1) is 14.2 Å². The molecule has 0 saturated heterocycles. The summed E-state index contributed by atoms with van der Waals surface area (Å²) in [5.74, 6) is 1.79. The van der Waals surface area contributed by atoms with Crippen LogP contribution in [0, 0.1) is 0 Å². The van der Waals surface area contributed by atoms with Gasteiger partial charge in [0.25, 0.3) is 0 Å². The second kappa shape index (κ2) is 8.08. The number of carbonyl (C=O) groups excluding carboxylic acids is 1. The van der Waals surface area contributed by atoms with E-state index in [9.17, 15) is 4.79 Å². The zero-order valence-corrected chi connectivity index (χ0v) is 12.9. The first-order valence-corrected chi connectivity index (χ1v) is 7.13. The standard InChI is InChI=1S/C18H20O4/c1-20-16-11-15(9-6-10-19)12-17(18(16)21-2)22-13-14-7-4-3-5-8-14/h3-5,7-8,10-12H,6,9,13H2,1-2H3. The van der Waals surface area contributed by atoms with Crippen LogP contribution in [0.2, 0.25) is 0 Å². The lowest BCUT2D eigenvalue weighted by atomic mass is 10.1. The maximum Gasteiger partial charge on any atom is 0.203 e. The van der Waals surface area contributed by atoms with Gasteiger partial charge in [-0.15, -0.1) is 0 Å². The van der Waals surface area contributed by atoms with Crippen molar-refractivity contribution in [1.82, 2.24) is 0 Å². The highest BCUT2D eigenvalue weighted by Crippen LogP contribution is 2.39. The molecule has 0 aliphatic heterocycles. The number of hydrogen-bond donors (Lipinski definition) is 0. The zero-order chi connectivity index (χ0) is 15.8. The highest BCUT2D eigenvalue weighted by atomic mass is 16.5. The summed E-state index contributed by atoms with van der Waals surface area (Å²) in [7, 11) is 3.17. The van der Waals surface area contributed by atoms with Gasteiger partial charge in [0.15, 0.2) is 11.5 Å². The Balaban J connectivity index is 2.24. The van der Waals surface area contributed by atoms with Crippen LogP contribution in [0.3, 0.4) is 0 Å². The minimum Gasteiger partial charge on any atom is -0.493 e. The molecule has 0 amide bonds. The fourth-order valence-electron chi connectivity index (χ4n) is 2.20. The highest BCUT2D eigenvalue weighted by molar-refractivity contribution is 5.55. The van der Waals surface area contributed by atoms with Gasteiger partial charge >= 0.3 is 0 Å². The Morgan fingerprint density at radius 2 is 1.68 bits per heavy atom. The van der Waals surface area contributed by atoms with Crippen LogP contribution in [0.25, 0.3) is 0 Å². The number of rotatable bonds is 8. The van der Waals surface area contributed by atoms with Crippen LogP contribution in [0.5, 0.6) is 17.2 Å². The zero-order valence-electron chi connectivity index (χ0n) is 12.9. The summed E-state index contributed by atoms with van der Waals surface area (Å²) < 4.78 is 16.6. The molecular weight excluding hydrogens is 280 g/mol. The van der Waals surface area contributed by atoms with E-state index in [0.29, 0.717) is 36.7 Å². The van der Waals surface area contributed by atoms with E-state index in [1.54, 1.807) is 14.2 Å². The fraction of sp³-hybridized carbons (Fsp3) is 0.278. The normalized spacial score (nSPS) is 10.1. The van der Waals surface area contributed by atoms with E-state index in [0.717, 1.165) is 17.4 Å². The second-order valence-electron chi connectivity index (χ2n) is 4.81. The maximum atomic E-state index is 10.6. The van der Waals surface area contributed by atoms with Gasteiger partial charge in [0.2, 0.25) is 5.75 Å². The first-order chi connectivity index (χ1) is 10.8. The minimum atomic E-state index is 0.442. The molecule has 0 aliphatic carbocycles. The third kappa shape index (κ3) is 4.01. The molecule has 2 aromatic rings. The molecule has 0 N–H and O–H groups in total. The molecule has 0 heterocycles. The van der Waals surface area contributed by atoms with Gasteiger partial charge in [-0.1, -0.05) is 30.3 Å². The van der Waals surface area contributed by atoms with E-state index < -0.39 is 0 Å². The number of aryl methyl sites for hydroxylation is 1. The molecule has 0 radical (unpaired) electrons. The van der Waals surface area contributed by atoms with E-state index in [1.165, 1.54) is 0 Å². The summed E-state index contributed by atoms with van der Waals surface area (Å²) in [5, 5.41) is 0. The molecule has 0 aliphatic rings. The van der Waals surface area contributed by atoms with Crippen molar-refractivity contribution in [2.45, 2.75) is 19.4 Å². The van der Waals surface area contributed by atoms with Gasteiger partial charge in [-0.2, -0.15) is 0 Å². The van der Waals surface area contributed by atoms with Crippen molar-refractivity contribution in [3.05, 3.63) is 53.6 Å². The van der Waals surface area contributed by atoms with Crippen molar-refractivity contribution in [2.75, 3.05) is 14.2 Å². The van der Waals surface area contributed by atoms with E-state index in [-0.39, 0.29) is 0 Å². The van der Waals surface area contributed by atoms with Crippen molar-refractivity contribution in [3.63, 3.8) is 0 Å². The largest absolute Gasteiger partial charge is 0.493 e. The Morgan fingerprint density at radius 1 is 0.955 bits per heavy atom. The van der Waals surface area contributed by atoms with E-state index in [2.05, 4.69) is 0 Å². The Hall–Kier alpha value is -2.49. The summed E-state index contributed by atoms with van der Waals surface area (Å²) in [6.45, 7) is 0.442. The number of carbonyl (C=O) groups is 1. The lowest BCUT2D eigenvalue weighted by Crippen LogP contribution is -2.01. The predicted molar refractivity (Wildman–Crippen MR) is 84.7 cm³/mol. The Morgan fingerprint density at radius 3 is 2.32 bits per heavy atom. The monoisotopic (exact) mass is 300 g/mol. The number of benzene rings is 2. The topological polar surface area (TPSA) is 44.8 Å². The predicted octanol–water partition coefficient (Wildman–Crippen LogP) is 3.41. The van der Waals surface area contributed by atoms with Crippen molar-refractivity contribution < 1.29 is 19.0 Å². The average Bonchev–Trinajstić information content (AvgIpc) is 2.58. The molecule has 116 valence electrons. The average molecular weight is 300 g/mol. The molecular formula is C18H20O4. The summed E-state index contributed by atoms with van der Waals surface area (Å²) in [4.78, 5) is 10.6. The van der Waals surface area contributed by atoms with Gasteiger partial charge in [-0.25, -0.2) is 0 Å². The molecule has 0 fully saturated rings. The SMILES string of the molecule is COc1cc(CCC=O)cc(OCc2ccccc2)c1OC. The lowest BCUT2D eigenvalue weighted by Gasteiger charge is -2.15. The second-order valence-corrected chi connectivity index (χ2v) is 4.81. The molecule has 2 rings (SSSR count). The van der Waals surface area contributed by atoms with Crippen molar-refractivity contribution in [2.24, 2.45) is 0 Å². The van der Waals surface area contributed by atoms with E-state index in [4.69, 9.17) is 14.2 Å². The molecule has 0 atom stereocenters. The quantitative estimate of drug-likeness (QED) is 0.701. The number of methoxy groups -OCH3 is 2. The fourth-order valence-corrected chi connectivity index (χ4v) is 2.20. The smallest absolute Gasteiger partial charge is 0.203 e. The molecule has 0 unspecified atom stereocenters. The number of ether oxygens (including phenoxy) is 3. The first kappa shape index (κ1) is 15.9. The van der Waals surface area contributed by atoms with Gasteiger partial charge < -0.3 is 19.0 Å². The van der Waals surface area contributed by atoms with Crippen molar-refractivity contribution in [3.8, 4) is 17.2 Å². The molecule has 22 heavy (non-hydrogen) atoms. The number of hydrogen-bond acceptors (Lipinski definition) is 4.